The number of nitrogens with zero attached hydrogens (tertiary/aromatic N) is 3. The summed E-state index contributed by atoms with van der Waals surface area (Å²) >= 11 is 0. The van der Waals surface area contributed by atoms with E-state index in [1.807, 2.05) is 13.0 Å². The first-order valence-corrected chi connectivity index (χ1v) is 6.62. The Bertz CT molecular complexity index is 424. The Labute approximate surface area is 107 Å². The molecule has 1 fully saturated rings. The number of rotatable bonds is 5. The van der Waals surface area contributed by atoms with Gasteiger partial charge in [-0.2, -0.15) is 5.10 Å². The summed E-state index contributed by atoms with van der Waals surface area (Å²) < 4.78 is 1.64. The maximum absolute atomic E-state index is 12.5. The molecule has 2 rings (SSSR count). The summed E-state index contributed by atoms with van der Waals surface area (Å²) in [5, 5.41) is 13.4. The van der Waals surface area contributed by atoms with Crippen LogP contribution >= 0.6 is 0 Å². The number of hydrogen-bond acceptors (Lipinski definition) is 3. The van der Waals surface area contributed by atoms with E-state index in [-0.39, 0.29) is 12.5 Å². The number of hydrogen-bond donors (Lipinski definition) is 1. The van der Waals surface area contributed by atoms with Crippen LogP contribution in [0, 0.1) is 0 Å². The number of carbonyl (C=O) groups excluding carboxylic acids is 1. The van der Waals surface area contributed by atoms with Crippen LogP contribution < -0.4 is 0 Å². The van der Waals surface area contributed by atoms with Crippen LogP contribution in [-0.4, -0.2) is 44.9 Å². The van der Waals surface area contributed by atoms with Gasteiger partial charge in [0.05, 0.1) is 12.3 Å². The third kappa shape index (κ3) is 2.41. The van der Waals surface area contributed by atoms with Crippen LogP contribution in [0.1, 0.15) is 42.4 Å². The molecule has 0 radical (unpaired) electrons. The SMILES string of the molecule is CCc1cc(C(=O)N(CCO)C2CCC2)n(C)n1. The molecule has 5 nitrogen and oxygen atoms in total. The molecule has 0 unspecified atom stereocenters. The highest BCUT2D eigenvalue weighted by Crippen LogP contribution is 2.26. The lowest BCUT2D eigenvalue weighted by atomic mass is 9.91. The molecule has 1 aromatic heterocycles. The molecule has 5 heteroatoms. The first kappa shape index (κ1) is 13.1. The van der Waals surface area contributed by atoms with Crippen LogP contribution in [-0.2, 0) is 13.5 Å². The zero-order valence-electron chi connectivity index (χ0n) is 11.1. The minimum Gasteiger partial charge on any atom is -0.395 e. The zero-order chi connectivity index (χ0) is 13.1. The molecular weight excluding hydrogens is 230 g/mol. The third-order valence-corrected chi connectivity index (χ3v) is 3.63. The fraction of sp³-hybridized carbons (Fsp3) is 0.692. The first-order valence-electron chi connectivity index (χ1n) is 6.62. The Morgan fingerprint density at radius 2 is 2.33 bits per heavy atom. The summed E-state index contributed by atoms with van der Waals surface area (Å²) in [7, 11) is 1.80. The standard InChI is InChI=1S/C13H21N3O2/c1-3-10-9-12(15(2)14-10)13(18)16(7-8-17)11-5-4-6-11/h9,11,17H,3-8H2,1-2H3. The highest BCUT2D eigenvalue weighted by atomic mass is 16.3. The van der Waals surface area contributed by atoms with Crippen molar-refractivity contribution in [2.24, 2.45) is 7.05 Å². The van der Waals surface area contributed by atoms with Crippen molar-refractivity contribution in [3.05, 3.63) is 17.5 Å². The van der Waals surface area contributed by atoms with E-state index in [1.165, 1.54) is 6.42 Å². The smallest absolute Gasteiger partial charge is 0.272 e. The van der Waals surface area contributed by atoms with E-state index in [4.69, 9.17) is 5.11 Å². The molecule has 1 aliphatic carbocycles. The van der Waals surface area contributed by atoms with Crippen LogP contribution in [0.15, 0.2) is 6.07 Å². The van der Waals surface area contributed by atoms with Gasteiger partial charge in [-0.1, -0.05) is 6.92 Å². The van der Waals surface area contributed by atoms with E-state index >= 15 is 0 Å². The van der Waals surface area contributed by atoms with Crippen molar-refractivity contribution in [3.8, 4) is 0 Å². The summed E-state index contributed by atoms with van der Waals surface area (Å²) in [4.78, 5) is 14.3. The molecule has 1 heterocycles. The maximum atomic E-state index is 12.5. The van der Waals surface area contributed by atoms with Crippen LogP contribution in [0.25, 0.3) is 0 Å². The predicted molar refractivity (Wildman–Crippen MR) is 68.3 cm³/mol. The van der Waals surface area contributed by atoms with Gasteiger partial charge in [-0.05, 0) is 31.7 Å². The number of aromatic nitrogens is 2. The van der Waals surface area contributed by atoms with E-state index in [9.17, 15) is 4.79 Å². The normalized spacial score (nSPS) is 15.5. The molecule has 0 bridgehead atoms. The maximum Gasteiger partial charge on any atom is 0.272 e. The van der Waals surface area contributed by atoms with Gasteiger partial charge < -0.3 is 10.0 Å². The van der Waals surface area contributed by atoms with Gasteiger partial charge in [0.1, 0.15) is 5.69 Å². The van der Waals surface area contributed by atoms with E-state index in [2.05, 4.69) is 5.10 Å². The number of aryl methyl sites for hydroxylation is 2. The van der Waals surface area contributed by atoms with Gasteiger partial charge in [-0.15, -0.1) is 0 Å². The minimum atomic E-state index is -0.0107. The Morgan fingerprint density at radius 1 is 1.61 bits per heavy atom. The number of aliphatic hydroxyl groups excluding tert-OH is 1. The van der Waals surface area contributed by atoms with Crippen LogP contribution in [0.5, 0.6) is 0 Å². The van der Waals surface area contributed by atoms with Crippen LogP contribution in [0.4, 0.5) is 0 Å². The third-order valence-electron chi connectivity index (χ3n) is 3.63. The average Bonchev–Trinajstić information content (AvgIpc) is 2.67. The second-order valence-corrected chi connectivity index (χ2v) is 4.80. The first-order chi connectivity index (χ1) is 8.67. The summed E-state index contributed by atoms with van der Waals surface area (Å²) in [5.74, 6) is -0.0107. The van der Waals surface area contributed by atoms with Crippen LogP contribution in [0.2, 0.25) is 0 Å². The molecule has 1 N–H and O–H groups in total. The quantitative estimate of drug-likeness (QED) is 0.848. The fourth-order valence-electron chi connectivity index (χ4n) is 2.30. The Morgan fingerprint density at radius 3 is 2.78 bits per heavy atom. The predicted octanol–water partition coefficient (Wildman–Crippen LogP) is 0.970. The van der Waals surface area contributed by atoms with E-state index in [0.717, 1.165) is 25.0 Å². The minimum absolute atomic E-state index is 0.0107. The summed E-state index contributed by atoms with van der Waals surface area (Å²) in [5.41, 5.74) is 1.55. The van der Waals surface area contributed by atoms with Crippen molar-refractivity contribution < 1.29 is 9.90 Å². The number of amides is 1. The lowest BCUT2D eigenvalue weighted by molar-refractivity contribution is 0.0515. The van der Waals surface area contributed by atoms with Gasteiger partial charge in [-0.3, -0.25) is 9.48 Å². The number of carbonyl (C=O) groups is 1. The van der Waals surface area contributed by atoms with Crippen molar-refractivity contribution in [3.63, 3.8) is 0 Å². The van der Waals surface area contributed by atoms with E-state index in [1.54, 1.807) is 16.6 Å². The molecular formula is C13H21N3O2. The molecule has 1 aromatic rings. The van der Waals surface area contributed by atoms with Gasteiger partial charge in [0.25, 0.3) is 5.91 Å². The Kier molecular flexibility index (Phi) is 4.01. The molecule has 0 saturated heterocycles. The molecule has 1 saturated carbocycles. The summed E-state index contributed by atoms with van der Waals surface area (Å²) in [6.45, 7) is 2.45. The van der Waals surface area contributed by atoms with Gasteiger partial charge in [0.15, 0.2) is 0 Å². The van der Waals surface area contributed by atoms with Gasteiger partial charge in [0.2, 0.25) is 0 Å². The van der Waals surface area contributed by atoms with Crippen molar-refractivity contribution >= 4 is 5.91 Å². The molecule has 18 heavy (non-hydrogen) atoms. The highest BCUT2D eigenvalue weighted by Gasteiger charge is 2.30. The molecule has 0 spiro atoms. The molecule has 1 aliphatic rings. The van der Waals surface area contributed by atoms with Crippen molar-refractivity contribution in [1.82, 2.24) is 14.7 Å². The second kappa shape index (κ2) is 5.52. The molecule has 100 valence electrons. The molecule has 0 atom stereocenters. The van der Waals surface area contributed by atoms with E-state index in [0.29, 0.717) is 18.3 Å². The second-order valence-electron chi connectivity index (χ2n) is 4.80. The average molecular weight is 251 g/mol. The Hall–Kier alpha value is -1.36. The van der Waals surface area contributed by atoms with Crippen molar-refractivity contribution in [2.75, 3.05) is 13.2 Å². The lowest BCUT2D eigenvalue weighted by Gasteiger charge is -2.37. The summed E-state index contributed by atoms with van der Waals surface area (Å²) in [6.07, 6.45) is 4.09. The molecule has 1 amide bonds. The van der Waals surface area contributed by atoms with Gasteiger partial charge in [0, 0.05) is 19.6 Å². The van der Waals surface area contributed by atoms with E-state index < -0.39 is 0 Å². The highest BCUT2D eigenvalue weighted by molar-refractivity contribution is 5.93. The number of aliphatic hydroxyl groups is 1. The Balaban J connectivity index is 2.18. The largest absolute Gasteiger partial charge is 0.395 e. The lowest BCUT2D eigenvalue weighted by Crippen LogP contribution is -2.46. The fourth-order valence-corrected chi connectivity index (χ4v) is 2.30. The van der Waals surface area contributed by atoms with Crippen molar-refractivity contribution in [1.29, 1.82) is 0 Å². The molecule has 0 aromatic carbocycles. The topological polar surface area (TPSA) is 58.4 Å². The van der Waals surface area contributed by atoms with Crippen LogP contribution in [0.3, 0.4) is 0 Å². The summed E-state index contributed by atoms with van der Waals surface area (Å²) in [6, 6.07) is 2.15. The zero-order valence-corrected chi connectivity index (χ0v) is 11.1. The van der Waals surface area contributed by atoms with Gasteiger partial charge in [-0.25, -0.2) is 0 Å². The monoisotopic (exact) mass is 251 g/mol. The van der Waals surface area contributed by atoms with Gasteiger partial charge >= 0.3 is 0 Å². The molecule has 0 aliphatic heterocycles. The van der Waals surface area contributed by atoms with Crippen molar-refractivity contribution in [2.45, 2.75) is 38.6 Å².